The van der Waals surface area contributed by atoms with Crippen LogP contribution in [0.25, 0.3) is 0 Å². The molecular weight excluding hydrogens is 512 g/mol. The van der Waals surface area contributed by atoms with Gasteiger partial charge in [-0.15, -0.1) is 11.8 Å². The molecule has 4 rings (SSSR count). The first-order chi connectivity index (χ1) is 19.0. The minimum absolute atomic E-state index is 0.0138. The predicted molar refractivity (Wildman–Crippen MR) is 154 cm³/mol. The topological polar surface area (TPSA) is 117 Å². The zero-order valence-electron chi connectivity index (χ0n) is 21.5. The highest BCUT2D eigenvalue weighted by molar-refractivity contribution is 8.01. The van der Waals surface area contributed by atoms with E-state index in [1.807, 2.05) is 54.6 Å². The van der Waals surface area contributed by atoms with Crippen LogP contribution < -0.4 is 11.1 Å². The number of nitrogens with zero attached hydrogens (tertiary/aromatic N) is 2. The van der Waals surface area contributed by atoms with Crippen LogP contribution in [0.4, 0.5) is 9.59 Å². The molecule has 0 aromatic heterocycles. The second-order valence-corrected chi connectivity index (χ2v) is 10.7. The summed E-state index contributed by atoms with van der Waals surface area (Å²) < 4.78 is 4.81. The number of nitrogens with two attached hydrogens (primary N) is 1. The molecule has 0 bridgehead atoms. The Morgan fingerprint density at radius 2 is 1.54 bits per heavy atom. The predicted octanol–water partition coefficient (Wildman–Crippen LogP) is 5.32. The minimum atomic E-state index is -0.844. The number of benzene rings is 3. The highest BCUT2D eigenvalue weighted by Crippen LogP contribution is 2.52. The number of ether oxygens (including phenoxy) is 1. The van der Waals surface area contributed by atoms with E-state index in [4.69, 9.17) is 10.5 Å². The van der Waals surface area contributed by atoms with Gasteiger partial charge in [0.15, 0.2) is 5.84 Å². The number of amidine groups is 1. The first kappa shape index (κ1) is 27.8. The molecule has 4 N–H and O–H groups in total. The van der Waals surface area contributed by atoms with Gasteiger partial charge < -0.3 is 20.6 Å². The molecule has 2 atom stereocenters. The third-order valence-electron chi connectivity index (χ3n) is 6.64. The number of carbonyl (C=O) groups excluding carboxylic acids is 2. The normalized spacial score (nSPS) is 17.4. The Morgan fingerprint density at radius 3 is 1.97 bits per heavy atom. The van der Waals surface area contributed by atoms with Crippen molar-refractivity contribution in [2.24, 2.45) is 10.9 Å². The number of primary amides is 1. The molecule has 1 saturated heterocycles. The van der Waals surface area contributed by atoms with Crippen molar-refractivity contribution in [1.29, 1.82) is 0 Å². The van der Waals surface area contributed by atoms with Gasteiger partial charge in [-0.25, -0.2) is 9.59 Å². The maximum atomic E-state index is 13.1. The van der Waals surface area contributed by atoms with Gasteiger partial charge in [0.2, 0.25) is 0 Å². The molecule has 0 unspecified atom stereocenters. The average Bonchev–Trinajstić information content (AvgIpc) is 3.37. The van der Waals surface area contributed by atoms with E-state index in [1.54, 1.807) is 16.7 Å². The summed E-state index contributed by atoms with van der Waals surface area (Å²) >= 11 is 1.77. The Kier molecular flexibility index (Phi) is 9.27. The van der Waals surface area contributed by atoms with Gasteiger partial charge in [-0.3, -0.25) is 5.32 Å². The number of hydrogen-bond acceptors (Lipinski definition) is 6. The smallest absolute Gasteiger partial charge is 0.410 e. The van der Waals surface area contributed by atoms with Gasteiger partial charge in [-0.1, -0.05) is 109 Å². The molecule has 1 aliphatic rings. The molecule has 1 heterocycles. The Bertz CT molecular complexity index is 1190. The van der Waals surface area contributed by atoms with Crippen molar-refractivity contribution in [3.05, 3.63) is 120 Å². The second-order valence-electron chi connectivity index (χ2n) is 9.17. The second kappa shape index (κ2) is 13.0. The van der Waals surface area contributed by atoms with Gasteiger partial charge in [-0.2, -0.15) is 0 Å². The van der Waals surface area contributed by atoms with Crippen molar-refractivity contribution in [1.82, 2.24) is 10.2 Å². The quantitative estimate of drug-likeness (QED) is 0.0841. The SMILES string of the molecule is C=CCOC(=O)N1C[C@@H](SC(c2ccccc2)(c2ccccc2)c2ccccc2)C[C@H]1C/C(=N/O)NC(N)=O. The van der Waals surface area contributed by atoms with Crippen LogP contribution in [0.15, 0.2) is 109 Å². The molecule has 0 spiro atoms. The van der Waals surface area contributed by atoms with E-state index in [2.05, 4.69) is 53.4 Å². The summed E-state index contributed by atoms with van der Waals surface area (Å²) in [5.41, 5.74) is 8.59. The number of oxime groups is 1. The van der Waals surface area contributed by atoms with Gasteiger partial charge in [0.25, 0.3) is 0 Å². The van der Waals surface area contributed by atoms with E-state index >= 15 is 0 Å². The largest absolute Gasteiger partial charge is 0.445 e. The fourth-order valence-corrected chi connectivity index (χ4v) is 6.91. The van der Waals surface area contributed by atoms with Crippen molar-refractivity contribution in [2.45, 2.75) is 28.9 Å². The summed E-state index contributed by atoms with van der Waals surface area (Å²) in [5, 5.41) is 15.0. The monoisotopic (exact) mass is 544 g/mol. The molecule has 3 aromatic rings. The van der Waals surface area contributed by atoms with Crippen molar-refractivity contribution in [3.63, 3.8) is 0 Å². The van der Waals surface area contributed by atoms with Crippen molar-refractivity contribution >= 4 is 29.7 Å². The molecule has 0 aliphatic carbocycles. The van der Waals surface area contributed by atoms with E-state index in [0.29, 0.717) is 13.0 Å². The van der Waals surface area contributed by atoms with Gasteiger partial charge in [-0.05, 0) is 23.1 Å². The average molecular weight is 545 g/mol. The third-order valence-corrected chi connectivity index (χ3v) is 8.37. The zero-order chi connectivity index (χ0) is 27.7. The van der Waals surface area contributed by atoms with E-state index in [1.165, 1.54) is 6.08 Å². The molecule has 3 aromatic carbocycles. The fraction of sp³-hybridized carbons (Fsp3) is 0.233. The van der Waals surface area contributed by atoms with Crippen LogP contribution in [0.1, 0.15) is 29.5 Å². The summed E-state index contributed by atoms with van der Waals surface area (Å²) in [6.07, 6.45) is 1.69. The standard InChI is InChI=1S/C30H32N4O4S/c1-2-18-38-29(36)34-21-26(19-25(34)20-27(33-37)32-28(31)35)39-30(22-12-6-3-7-13-22,23-14-8-4-9-15-23)24-16-10-5-11-17-24/h2-17,25-26,37H,1,18-21H2,(H3,31,32,33,35)/t25-,26-/m0/s1. The lowest BCUT2D eigenvalue weighted by molar-refractivity contribution is 0.109. The summed E-state index contributed by atoms with van der Waals surface area (Å²) in [7, 11) is 0. The summed E-state index contributed by atoms with van der Waals surface area (Å²) in [6, 6.07) is 29.7. The third kappa shape index (κ3) is 6.43. The van der Waals surface area contributed by atoms with E-state index in [-0.39, 0.29) is 24.1 Å². The summed E-state index contributed by atoms with van der Waals surface area (Å²) in [4.78, 5) is 26.1. The molecule has 0 radical (unpaired) electrons. The van der Waals surface area contributed by atoms with Crippen LogP contribution in [-0.4, -0.2) is 52.5 Å². The van der Waals surface area contributed by atoms with Crippen LogP contribution in [0.2, 0.25) is 0 Å². The fourth-order valence-electron chi connectivity index (χ4n) is 5.04. The molecule has 3 amide bonds. The first-order valence-corrected chi connectivity index (χ1v) is 13.5. The van der Waals surface area contributed by atoms with Gasteiger partial charge in [0.1, 0.15) is 6.61 Å². The Morgan fingerprint density at radius 1 is 1.03 bits per heavy atom. The molecule has 9 heteroatoms. The zero-order valence-corrected chi connectivity index (χ0v) is 22.3. The molecule has 8 nitrogen and oxygen atoms in total. The van der Waals surface area contributed by atoms with E-state index < -0.39 is 22.9 Å². The van der Waals surface area contributed by atoms with Gasteiger partial charge >= 0.3 is 12.1 Å². The van der Waals surface area contributed by atoms with E-state index in [9.17, 15) is 14.8 Å². The summed E-state index contributed by atoms with van der Waals surface area (Å²) in [6.45, 7) is 4.09. The van der Waals surface area contributed by atoms with Crippen LogP contribution in [0.3, 0.4) is 0 Å². The highest BCUT2D eigenvalue weighted by atomic mass is 32.2. The lowest BCUT2D eigenvalue weighted by Crippen LogP contribution is -2.42. The number of carbonyl (C=O) groups is 2. The number of amides is 3. The van der Waals surface area contributed by atoms with Crippen molar-refractivity contribution in [3.8, 4) is 0 Å². The maximum Gasteiger partial charge on any atom is 0.410 e. The molecule has 39 heavy (non-hydrogen) atoms. The first-order valence-electron chi connectivity index (χ1n) is 12.6. The lowest BCUT2D eigenvalue weighted by Gasteiger charge is -2.37. The van der Waals surface area contributed by atoms with Gasteiger partial charge in [0, 0.05) is 24.3 Å². The molecule has 202 valence electrons. The number of rotatable bonds is 9. The number of likely N-dealkylation sites (tertiary alicyclic amines) is 1. The van der Waals surface area contributed by atoms with Crippen LogP contribution >= 0.6 is 11.8 Å². The number of urea groups is 1. The molecule has 0 saturated carbocycles. The van der Waals surface area contributed by atoms with Gasteiger partial charge in [0.05, 0.1) is 4.75 Å². The molecular formula is C30H32N4O4S. The Balaban J connectivity index is 1.75. The number of nitrogens with one attached hydrogen (secondary N) is 1. The summed E-state index contributed by atoms with van der Waals surface area (Å²) in [5.74, 6) is -0.0138. The van der Waals surface area contributed by atoms with Crippen LogP contribution in [0, 0.1) is 0 Å². The number of thioether (sulfide) groups is 1. The minimum Gasteiger partial charge on any atom is -0.445 e. The molecule has 1 aliphatic heterocycles. The van der Waals surface area contributed by atoms with Crippen molar-refractivity contribution < 1.29 is 19.5 Å². The molecule has 1 fully saturated rings. The lowest BCUT2D eigenvalue weighted by atomic mass is 9.84. The maximum absolute atomic E-state index is 13.1. The van der Waals surface area contributed by atoms with Crippen LogP contribution in [0.5, 0.6) is 0 Å². The Labute approximate surface area is 232 Å². The van der Waals surface area contributed by atoms with Crippen molar-refractivity contribution in [2.75, 3.05) is 13.2 Å². The van der Waals surface area contributed by atoms with E-state index in [0.717, 1.165) is 16.7 Å². The number of hydrogen-bond donors (Lipinski definition) is 3. The Hall–Kier alpha value is -4.24. The van der Waals surface area contributed by atoms with Crippen LogP contribution in [-0.2, 0) is 9.48 Å². The highest BCUT2D eigenvalue weighted by Gasteiger charge is 2.44.